The number of carboxylic acids is 1. The molecule has 2 atom stereocenters. The summed E-state index contributed by atoms with van der Waals surface area (Å²) in [5.74, 6) is -0.808. The second-order valence-corrected chi connectivity index (χ2v) is 6.49. The number of nitrogens with two attached hydrogens (primary N) is 1. The van der Waals surface area contributed by atoms with Crippen LogP contribution < -0.4 is 11.1 Å². The van der Waals surface area contributed by atoms with Gasteiger partial charge in [-0.15, -0.1) is 0 Å². The Morgan fingerprint density at radius 2 is 1.85 bits per heavy atom. The molecule has 0 bridgehead atoms. The van der Waals surface area contributed by atoms with Crippen molar-refractivity contribution < 1.29 is 14.7 Å². The Morgan fingerprint density at radius 1 is 1.15 bits per heavy atom. The topological polar surface area (TPSA) is 92.4 Å². The van der Waals surface area contributed by atoms with Gasteiger partial charge >= 0.3 is 5.97 Å². The minimum atomic E-state index is -0.766. The van der Waals surface area contributed by atoms with Crippen molar-refractivity contribution in [3.05, 3.63) is 0 Å². The summed E-state index contributed by atoms with van der Waals surface area (Å²) in [5.41, 5.74) is 5.16. The lowest BCUT2D eigenvalue weighted by atomic mass is 9.74. The standard InChI is InChI=1S/C15H26N2O3/c16-12-6-4-5-11(9-12)13(18)17-10-15(14(19)20)7-2-1-3-8-15/h11-12H,1-10,16H2,(H,17,18)(H,19,20). The van der Waals surface area contributed by atoms with Crippen molar-refractivity contribution in [1.82, 2.24) is 5.32 Å². The number of rotatable bonds is 4. The minimum absolute atomic E-state index is 0.00801. The van der Waals surface area contributed by atoms with Crippen molar-refractivity contribution in [1.29, 1.82) is 0 Å². The molecule has 0 aromatic carbocycles. The summed E-state index contributed by atoms with van der Waals surface area (Å²) in [6.07, 6.45) is 7.91. The number of carboxylic acid groups (broad SMARTS) is 1. The normalized spacial score (nSPS) is 29.6. The van der Waals surface area contributed by atoms with E-state index in [1.165, 1.54) is 0 Å². The fourth-order valence-corrected chi connectivity index (χ4v) is 3.56. The van der Waals surface area contributed by atoms with Crippen LogP contribution >= 0.6 is 0 Å². The SMILES string of the molecule is NC1CCCC(C(=O)NCC2(C(=O)O)CCCCC2)C1. The van der Waals surface area contributed by atoms with Gasteiger partial charge in [-0.3, -0.25) is 9.59 Å². The van der Waals surface area contributed by atoms with Gasteiger partial charge in [-0.2, -0.15) is 0 Å². The smallest absolute Gasteiger partial charge is 0.311 e. The summed E-state index contributed by atoms with van der Waals surface area (Å²) < 4.78 is 0. The maximum Gasteiger partial charge on any atom is 0.311 e. The van der Waals surface area contributed by atoms with Gasteiger partial charge in [-0.1, -0.05) is 25.7 Å². The number of carbonyl (C=O) groups is 2. The third-order valence-corrected chi connectivity index (χ3v) is 4.95. The Balaban J connectivity index is 1.88. The highest BCUT2D eigenvalue weighted by Crippen LogP contribution is 2.36. The molecule has 2 saturated carbocycles. The van der Waals surface area contributed by atoms with Crippen molar-refractivity contribution in [2.75, 3.05) is 6.54 Å². The number of amides is 1. The molecule has 2 aliphatic rings. The molecule has 0 aliphatic heterocycles. The lowest BCUT2D eigenvalue weighted by molar-refractivity contribution is -0.151. The zero-order valence-corrected chi connectivity index (χ0v) is 12.1. The van der Waals surface area contributed by atoms with Crippen molar-refractivity contribution in [2.45, 2.75) is 63.8 Å². The fourth-order valence-electron chi connectivity index (χ4n) is 3.56. The summed E-state index contributed by atoms with van der Waals surface area (Å²) in [5, 5.41) is 12.4. The number of hydrogen-bond donors (Lipinski definition) is 3. The number of hydrogen-bond acceptors (Lipinski definition) is 3. The van der Waals surface area contributed by atoms with Gasteiger partial charge in [0.2, 0.25) is 5.91 Å². The van der Waals surface area contributed by atoms with Gasteiger partial charge in [0, 0.05) is 18.5 Å². The summed E-state index contributed by atoms with van der Waals surface area (Å²) >= 11 is 0. The van der Waals surface area contributed by atoms with Crippen LogP contribution in [0.4, 0.5) is 0 Å². The van der Waals surface area contributed by atoms with E-state index in [4.69, 9.17) is 5.73 Å². The second kappa shape index (κ2) is 6.57. The molecule has 5 heteroatoms. The number of carbonyl (C=O) groups excluding carboxylic acids is 1. The van der Waals surface area contributed by atoms with Gasteiger partial charge in [-0.25, -0.2) is 0 Å². The van der Waals surface area contributed by atoms with E-state index in [-0.39, 0.29) is 24.4 Å². The van der Waals surface area contributed by atoms with Crippen LogP contribution in [0.3, 0.4) is 0 Å². The first-order chi connectivity index (χ1) is 9.53. The number of aliphatic carboxylic acids is 1. The molecule has 0 radical (unpaired) electrons. The lowest BCUT2D eigenvalue weighted by Gasteiger charge is -2.34. The molecule has 2 fully saturated rings. The van der Waals surface area contributed by atoms with E-state index in [2.05, 4.69) is 5.32 Å². The Bertz CT molecular complexity index is 364. The van der Waals surface area contributed by atoms with E-state index in [0.29, 0.717) is 12.8 Å². The zero-order valence-electron chi connectivity index (χ0n) is 12.1. The first-order valence-electron chi connectivity index (χ1n) is 7.80. The molecule has 5 nitrogen and oxygen atoms in total. The van der Waals surface area contributed by atoms with Crippen LogP contribution in [0.5, 0.6) is 0 Å². The van der Waals surface area contributed by atoms with Crippen LogP contribution in [-0.2, 0) is 9.59 Å². The van der Waals surface area contributed by atoms with Crippen LogP contribution in [0.2, 0.25) is 0 Å². The molecular formula is C15H26N2O3. The number of nitrogens with one attached hydrogen (secondary N) is 1. The van der Waals surface area contributed by atoms with E-state index in [9.17, 15) is 14.7 Å². The van der Waals surface area contributed by atoms with E-state index in [1.807, 2.05) is 0 Å². The fraction of sp³-hybridized carbons (Fsp3) is 0.867. The molecule has 114 valence electrons. The van der Waals surface area contributed by atoms with Crippen molar-refractivity contribution >= 4 is 11.9 Å². The zero-order chi connectivity index (χ0) is 14.6. The predicted octanol–water partition coefficient (Wildman–Crippen LogP) is 1.66. The van der Waals surface area contributed by atoms with Gasteiger partial charge in [0.15, 0.2) is 0 Å². The molecule has 1 amide bonds. The first kappa shape index (κ1) is 15.3. The van der Waals surface area contributed by atoms with Crippen molar-refractivity contribution in [2.24, 2.45) is 17.1 Å². The second-order valence-electron chi connectivity index (χ2n) is 6.49. The molecule has 0 aromatic rings. The van der Waals surface area contributed by atoms with E-state index >= 15 is 0 Å². The van der Waals surface area contributed by atoms with E-state index < -0.39 is 11.4 Å². The Hall–Kier alpha value is -1.10. The summed E-state index contributed by atoms with van der Waals surface area (Å²) in [6, 6.07) is 0.114. The lowest BCUT2D eigenvalue weighted by Crippen LogP contribution is -2.46. The molecule has 0 spiro atoms. The van der Waals surface area contributed by atoms with E-state index in [0.717, 1.165) is 44.9 Å². The highest BCUT2D eigenvalue weighted by atomic mass is 16.4. The minimum Gasteiger partial charge on any atom is -0.481 e. The van der Waals surface area contributed by atoms with Gasteiger partial charge in [0.1, 0.15) is 0 Å². The Labute approximate surface area is 120 Å². The average molecular weight is 282 g/mol. The summed E-state index contributed by atoms with van der Waals surface area (Å²) in [4.78, 5) is 23.7. The highest BCUT2D eigenvalue weighted by molar-refractivity contribution is 5.81. The first-order valence-corrected chi connectivity index (χ1v) is 7.80. The van der Waals surface area contributed by atoms with Crippen molar-refractivity contribution in [3.63, 3.8) is 0 Å². The molecule has 0 aromatic heterocycles. The van der Waals surface area contributed by atoms with Crippen LogP contribution in [0.1, 0.15) is 57.8 Å². The summed E-state index contributed by atoms with van der Waals surface area (Å²) in [7, 11) is 0. The van der Waals surface area contributed by atoms with Crippen molar-refractivity contribution in [3.8, 4) is 0 Å². The molecule has 2 aliphatic carbocycles. The molecule has 2 rings (SSSR count). The highest BCUT2D eigenvalue weighted by Gasteiger charge is 2.40. The van der Waals surface area contributed by atoms with Gasteiger partial charge < -0.3 is 16.2 Å². The molecular weight excluding hydrogens is 256 g/mol. The predicted molar refractivity (Wildman–Crippen MR) is 76.1 cm³/mol. The van der Waals surface area contributed by atoms with Crippen LogP contribution in [0.25, 0.3) is 0 Å². The third-order valence-electron chi connectivity index (χ3n) is 4.95. The van der Waals surface area contributed by atoms with Crippen LogP contribution in [0.15, 0.2) is 0 Å². The Morgan fingerprint density at radius 3 is 2.45 bits per heavy atom. The Kier molecular flexibility index (Phi) is 5.02. The van der Waals surface area contributed by atoms with Crippen LogP contribution in [-0.4, -0.2) is 29.6 Å². The maximum absolute atomic E-state index is 12.2. The average Bonchev–Trinajstić information content (AvgIpc) is 2.45. The van der Waals surface area contributed by atoms with Crippen LogP contribution in [0, 0.1) is 11.3 Å². The molecule has 20 heavy (non-hydrogen) atoms. The third kappa shape index (κ3) is 3.51. The van der Waals surface area contributed by atoms with E-state index in [1.54, 1.807) is 0 Å². The molecule has 4 N–H and O–H groups in total. The monoisotopic (exact) mass is 282 g/mol. The summed E-state index contributed by atoms with van der Waals surface area (Å²) in [6.45, 7) is 0.271. The quantitative estimate of drug-likeness (QED) is 0.731. The largest absolute Gasteiger partial charge is 0.481 e. The molecule has 0 heterocycles. The maximum atomic E-state index is 12.2. The molecule has 0 saturated heterocycles. The van der Waals surface area contributed by atoms with Gasteiger partial charge in [0.25, 0.3) is 0 Å². The molecule has 2 unspecified atom stereocenters. The van der Waals surface area contributed by atoms with Gasteiger partial charge in [0.05, 0.1) is 5.41 Å². The van der Waals surface area contributed by atoms with Gasteiger partial charge in [-0.05, 0) is 32.1 Å².